The van der Waals surface area contributed by atoms with Crippen molar-refractivity contribution in [1.82, 2.24) is 35.2 Å². The van der Waals surface area contributed by atoms with Gasteiger partial charge in [-0.3, -0.25) is 24.5 Å². The molecule has 2 aliphatic heterocycles. The van der Waals surface area contributed by atoms with Crippen molar-refractivity contribution in [3.63, 3.8) is 0 Å². The van der Waals surface area contributed by atoms with Crippen LogP contribution in [0.3, 0.4) is 0 Å². The third-order valence-corrected chi connectivity index (χ3v) is 18.3. The Morgan fingerprint density at radius 1 is 0.901 bits per heavy atom. The molecule has 4 aromatic heterocycles. The van der Waals surface area contributed by atoms with Crippen LogP contribution >= 0.6 is 22.7 Å². The van der Waals surface area contributed by atoms with Crippen LogP contribution in [-0.4, -0.2) is 122 Å². The highest BCUT2D eigenvalue weighted by Crippen LogP contribution is 2.34. The van der Waals surface area contributed by atoms with Gasteiger partial charge in [-0.1, -0.05) is 117 Å². The average molecular weight is 1270 g/mol. The summed E-state index contributed by atoms with van der Waals surface area (Å²) in [6, 6.07) is 30.0. The van der Waals surface area contributed by atoms with Crippen LogP contribution in [0.15, 0.2) is 113 Å². The highest BCUT2D eigenvalue weighted by Gasteiger charge is 2.43. The summed E-state index contributed by atoms with van der Waals surface area (Å²) in [5.41, 5.74) is 8.85. The van der Waals surface area contributed by atoms with Crippen molar-refractivity contribution in [3.05, 3.63) is 165 Å². The molecular weight excluding hydrogens is 1200 g/mol. The van der Waals surface area contributed by atoms with Gasteiger partial charge in [-0.05, 0) is 120 Å². The summed E-state index contributed by atoms with van der Waals surface area (Å²) in [4.78, 5) is 86.1. The molecule has 4 N–H and O–H groups in total. The molecule has 8 aromatic rings. The van der Waals surface area contributed by atoms with Crippen molar-refractivity contribution in [2.24, 2.45) is 5.92 Å². The van der Waals surface area contributed by atoms with E-state index in [1.54, 1.807) is 53.6 Å². The fraction of sp³-hybridized carbons (Fsp3) is 0.377. The predicted molar refractivity (Wildman–Crippen MR) is 347 cm³/mol. The van der Waals surface area contributed by atoms with Gasteiger partial charge < -0.3 is 44.2 Å². The van der Waals surface area contributed by atoms with Gasteiger partial charge in [0, 0.05) is 63.3 Å². The number of amides is 4. The first-order valence-corrected chi connectivity index (χ1v) is 32.5. The summed E-state index contributed by atoms with van der Waals surface area (Å²) < 4.78 is 33.5. The zero-order valence-electron chi connectivity index (χ0n) is 51.4. The number of hydrogen-bond acceptors (Lipinski definition) is 16. The molecule has 1 fully saturated rings. The number of thiazole rings is 2. The van der Waals surface area contributed by atoms with Crippen molar-refractivity contribution in [3.8, 4) is 33.9 Å². The number of carboxylic acids is 1. The number of hydrogen-bond donors (Lipinski definition) is 4. The van der Waals surface area contributed by atoms with Gasteiger partial charge in [0.1, 0.15) is 17.8 Å². The minimum absolute atomic E-state index is 0.0281. The second-order valence-corrected chi connectivity index (χ2v) is 25.2. The summed E-state index contributed by atoms with van der Waals surface area (Å²) in [7, 11) is 1.69. The van der Waals surface area contributed by atoms with E-state index < -0.39 is 29.9 Å². The smallest absolute Gasteiger partial charge is 0.354 e. The molecule has 1 saturated heterocycles. The normalized spacial score (nSPS) is 14.8. The van der Waals surface area contributed by atoms with Crippen LogP contribution < -0.4 is 25.0 Å². The van der Waals surface area contributed by atoms with Gasteiger partial charge in [0.25, 0.3) is 11.8 Å². The Morgan fingerprint density at radius 2 is 1.69 bits per heavy atom. The number of anilines is 2. The molecule has 4 amide bonds. The Bertz CT molecular complexity index is 3920. The van der Waals surface area contributed by atoms with E-state index in [1.165, 1.54) is 28.4 Å². The van der Waals surface area contributed by atoms with Crippen molar-refractivity contribution >= 4 is 73.4 Å². The second kappa shape index (κ2) is 30.6. The maximum Gasteiger partial charge on any atom is 0.354 e. The third kappa shape index (κ3) is 16.7. The molecule has 91 heavy (non-hydrogen) atoms. The lowest BCUT2D eigenvalue weighted by molar-refractivity contribution is -0.141. The van der Waals surface area contributed by atoms with E-state index in [9.17, 15) is 34.2 Å². The molecule has 0 aliphatic carbocycles. The maximum atomic E-state index is 15.2. The van der Waals surface area contributed by atoms with E-state index in [4.69, 9.17) is 14.0 Å². The summed E-state index contributed by atoms with van der Waals surface area (Å²) in [6.45, 7) is 7.75. The number of aliphatic hydroxyl groups excluding tert-OH is 1. The van der Waals surface area contributed by atoms with Gasteiger partial charge in [0.2, 0.25) is 17.7 Å². The lowest BCUT2D eigenvalue weighted by atomic mass is 9.91. The number of aromatic carboxylic acids is 1. The topological polar surface area (TPSA) is 243 Å². The molecule has 0 radical (unpaired) electrons. The maximum absolute atomic E-state index is 15.2. The fourth-order valence-electron chi connectivity index (χ4n) is 11.4. The number of para-hydroxylation sites is 1. The molecule has 6 heterocycles. The minimum atomic E-state index is -1.16. The fourth-order valence-corrected chi connectivity index (χ4v) is 13.1. The van der Waals surface area contributed by atoms with Crippen LogP contribution in [0.4, 0.5) is 15.3 Å². The minimum Gasteiger partial charge on any atom is -0.491 e. The lowest BCUT2D eigenvalue weighted by Crippen LogP contribution is -2.48. The van der Waals surface area contributed by atoms with Gasteiger partial charge in [-0.15, -0.1) is 11.3 Å². The number of pyridine rings is 1. The highest BCUT2D eigenvalue weighted by molar-refractivity contribution is 7.22. The quantitative estimate of drug-likeness (QED) is 0.0276. The van der Waals surface area contributed by atoms with Gasteiger partial charge >= 0.3 is 5.97 Å². The highest BCUT2D eigenvalue weighted by atomic mass is 32.1. The number of fused-ring (bicyclic) bond motifs is 2. The van der Waals surface area contributed by atoms with Gasteiger partial charge in [-0.2, -0.15) is 0 Å². The van der Waals surface area contributed by atoms with E-state index in [-0.39, 0.29) is 79.5 Å². The molecule has 474 valence electrons. The number of aryl methyl sites for hydroxylation is 2. The number of β-amino-alcohol motifs (C(OH)–C–C–N with tert-alkyl or cyclic N) is 1. The van der Waals surface area contributed by atoms with Crippen LogP contribution in [0.1, 0.15) is 138 Å². The number of likely N-dealkylation sites (tertiary alicyclic amines) is 1. The molecule has 0 saturated carbocycles. The first-order chi connectivity index (χ1) is 44.1. The largest absolute Gasteiger partial charge is 0.491 e. The molecule has 10 rings (SSSR count). The summed E-state index contributed by atoms with van der Waals surface area (Å²) in [5.74, 6) is 3.39. The monoisotopic (exact) mass is 1270 g/mol. The van der Waals surface area contributed by atoms with Crippen LogP contribution in [0.25, 0.3) is 20.7 Å². The molecule has 0 spiro atoms. The third-order valence-electron chi connectivity index (χ3n) is 16.4. The predicted octanol–water partition coefficient (Wildman–Crippen LogP) is 11.4. The molecule has 0 bridgehead atoms. The molecular formula is C69H74FN9O10S2. The number of carbonyl (C=O) groups excluding carboxylic acids is 4. The van der Waals surface area contributed by atoms with E-state index in [0.717, 1.165) is 81.6 Å². The first kappa shape index (κ1) is 64.9. The van der Waals surface area contributed by atoms with E-state index in [2.05, 4.69) is 42.6 Å². The summed E-state index contributed by atoms with van der Waals surface area (Å²) >= 11 is 2.98. The second-order valence-electron chi connectivity index (χ2n) is 23.3. The number of rotatable bonds is 27. The average Bonchev–Trinajstić information content (AvgIpc) is 1.71. The molecule has 0 unspecified atom stereocenters. The Kier molecular flexibility index (Phi) is 21.9. The molecule has 4 aromatic carbocycles. The number of carboxylic acid groups (broad SMARTS) is 1. The number of nitrogens with zero attached hydrogens (tertiary/aromatic N) is 7. The number of carbonyl (C=O) groups is 5. The Balaban J connectivity index is 0.591. The van der Waals surface area contributed by atoms with Crippen LogP contribution in [-0.2, 0) is 40.3 Å². The van der Waals surface area contributed by atoms with E-state index in [0.29, 0.717) is 78.8 Å². The summed E-state index contributed by atoms with van der Waals surface area (Å²) in [6.07, 6.45) is 6.27. The zero-order chi connectivity index (χ0) is 64.0. The van der Waals surface area contributed by atoms with Gasteiger partial charge in [0.05, 0.1) is 52.2 Å². The van der Waals surface area contributed by atoms with E-state index >= 15 is 4.39 Å². The zero-order valence-corrected chi connectivity index (χ0v) is 53.0. The standard InChI is InChI=1S/C69H74FN9O10S2/c1-43(2)62(67(84)79-40-50(80)37-55(79)66(83)71-39-46-23-26-49(27-24-46)64-44(3)72-42-90-64)57-38-60(76-89-57)88-34-12-8-6-5-7-9-22-61(81)77(4)32-14-16-45-25-29-56(53(70)36-45)87-35-15-18-48-28-30-59(74-63(48)68(85)86)78-33-31-47-17-13-19-51(52(47)41-78)65(82)75-69-73-54-20-10-11-21-58(54)91-69/h10-11,13,17,19-21,23-30,36,38,42-43,50,55,62,80H,5-9,12,15,18,22,31-35,37,39-41H2,1-4H3,(H,71,83)(H,85,86)(H,73,75,82)/t50-,55+,62-/m1/s1. The number of ether oxygens (including phenoxy) is 2. The molecule has 3 atom stereocenters. The van der Waals surface area contributed by atoms with Crippen molar-refractivity contribution < 1.29 is 52.6 Å². The summed E-state index contributed by atoms with van der Waals surface area (Å²) in [5, 5.41) is 31.3. The Morgan fingerprint density at radius 3 is 2.46 bits per heavy atom. The number of aromatic nitrogens is 4. The van der Waals surface area contributed by atoms with Crippen LogP contribution in [0, 0.1) is 30.5 Å². The van der Waals surface area contributed by atoms with Crippen molar-refractivity contribution in [2.75, 3.05) is 50.1 Å². The Hall–Kier alpha value is -9.04. The molecule has 2 aliphatic rings. The number of aliphatic hydroxyl groups is 1. The lowest BCUT2D eigenvalue weighted by Gasteiger charge is -2.31. The Labute approximate surface area is 536 Å². The van der Waals surface area contributed by atoms with Crippen molar-refractivity contribution in [2.45, 2.75) is 123 Å². The van der Waals surface area contributed by atoms with Gasteiger partial charge in [0.15, 0.2) is 28.2 Å². The number of benzene rings is 4. The first-order valence-electron chi connectivity index (χ1n) is 30.8. The number of halogens is 1. The number of unbranched alkanes of at least 4 members (excludes halogenated alkanes) is 5. The van der Waals surface area contributed by atoms with Crippen LogP contribution in [0.2, 0.25) is 0 Å². The van der Waals surface area contributed by atoms with Crippen LogP contribution in [0.5, 0.6) is 11.6 Å². The molecule has 22 heteroatoms. The number of nitrogens with one attached hydrogen (secondary N) is 2. The molecule has 19 nitrogen and oxygen atoms in total. The van der Waals surface area contributed by atoms with E-state index in [1.807, 2.05) is 91.8 Å². The van der Waals surface area contributed by atoms with Crippen molar-refractivity contribution in [1.29, 1.82) is 0 Å². The van der Waals surface area contributed by atoms with Gasteiger partial charge in [-0.25, -0.2) is 24.1 Å². The SMILES string of the molecule is Cc1ncsc1-c1ccc(CNC(=O)[C@@H]2C[C@@H](O)CN2C(=O)[C@@H](c2cc(OCCCCCCCCC(=O)N(C)CC#Cc3ccc(OCCCc4ccc(N5CCc6cccc(C(=O)Nc7nc8ccccc8s7)c6C5)nc4C(=O)O)c(F)c3)no2)C(C)C)cc1.